The van der Waals surface area contributed by atoms with Gasteiger partial charge in [-0.3, -0.25) is 19.7 Å². The van der Waals surface area contributed by atoms with Crippen LogP contribution >= 0.6 is 0 Å². The first-order valence-corrected chi connectivity index (χ1v) is 12.0. The van der Waals surface area contributed by atoms with E-state index in [4.69, 9.17) is 4.74 Å². The average molecular weight is 486 g/mol. The Kier molecular flexibility index (Phi) is 8.26. The molecule has 1 aliphatic heterocycles. The number of ether oxygens (including phenoxy) is 1. The summed E-state index contributed by atoms with van der Waals surface area (Å²) in [6.07, 6.45) is 8.36. The second kappa shape index (κ2) is 11.8. The number of aromatic nitrogens is 3. The predicted octanol–water partition coefficient (Wildman–Crippen LogP) is 2.62. The summed E-state index contributed by atoms with van der Waals surface area (Å²) in [4.78, 5) is 30.1. The van der Waals surface area contributed by atoms with Crippen molar-refractivity contribution in [1.29, 1.82) is 0 Å². The third-order valence-electron chi connectivity index (χ3n) is 6.23. The lowest BCUT2D eigenvalue weighted by Crippen LogP contribution is -2.49. The second-order valence-electron chi connectivity index (χ2n) is 9.24. The fourth-order valence-electron chi connectivity index (χ4n) is 4.14. The molecular formula is C28H31N5O3. The van der Waals surface area contributed by atoms with Crippen molar-refractivity contribution in [1.82, 2.24) is 24.8 Å². The number of fused-ring (bicyclic) bond motifs is 1. The highest BCUT2D eigenvalue weighted by Crippen LogP contribution is 2.27. The third kappa shape index (κ3) is 6.25. The molecule has 0 bridgehead atoms. The summed E-state index contributed by atoms with van der Waals surface area (Å²) < 4.78 is 6.37. The minimum Gasteiger partial charge on any atom is -0.472 e. The Labute approximate surface area is 212 Å². The topological polar surface area (TPSA) is 91.7 Å². The van der Waals surface area contributed by atoms with Gasteiger partial charge in [0.15, 0.2) is 0 Å². The third-order valence-corrected chi connectivity index (χ3v) is 6.23. The smallest absolute Gasteiger partial charge is 0.259 e. The van der Waals surface area contributed by atoms with Crippen molar-refractivity contribution in [3.63, 3.8) is 0 Å². The predicted molar refractivity (Wildman–Crippen MR) is 136 cm³/mol. The van der Waals surface area contributed by atoms with Crippen LogP contribution in [0, 0.1) is 17.8 Å². The summed E-state index contributed by atoms with van der Waals surface area (Å²) in [5, 5.41) is 9.86. The largest absolute Gasteiger partial charge is 0.472 e. The van der Waals surface area contributed by atoms with E-state index in [9.17, 15) is 9.90 Å². The van der Waals surface area contributed by atoms with Crippen molar-refractivity contribution in [3.05, 3.63) is 83.6 Å². The molecule has 0 spiro atoms. The fraction of sp³-hybridized carbons (Fsp3) is 0.357. The normalized spacial score (nSPS) is 18.4. The van der Waals surface area contributed by atoms with E-state index in [-0.39, 0.29) is 36.5 Å². The SMILES string of the molecule is C[C@@H]1CN([C@H](C)CO)C(=O)c2cc(C#Cc3cccnc3)cnc2O[C@@H]1CN(C)Cc1ccncc1. The molecule has 3 aromatic rings. The van der Waals surface area contributed by atoms with Gasteiger partial charge >= 0.3 is 0 Å². The Morgan fingerprint density at radius 1 is 1.17 bits per heavy atom. The zero-order valence-corrected chi connectivity index (χ0v) is 20.8. The lowest BCUT2D eigenvalue weighted by molar-refractivity contribution is 0.0325. The van der Waals surface area contributed by atoms with Gasteiger partial charge in [0.05, 0.1) is 12.6 Å². The number of amides is 1. The maximum Gasteiger partial charge on any atom is 0.259 e. The van der Waals surface area contributed by atoms with Crippen molar-refractivity contribution >= 4 is 5.91 Å². The molecule has 4 rings (SSSR count). The molecule has 186 valence electrons. The molecule has 0 saturated carbocycles. The first kappa shape index (κ1) is 25.3. The molecule has 36 heavy (non-hydrogen) atoms. The second-order valence-corrected chi connectivity index (χ2v) is 9.24. The quantitative estimate of drug-likeness (QED) is 0.537. The Bertz CT molecular complexity index is 1230. The molecule has 0 aliphatic carbocycles. The Balaban J connectivity index is 1.63. The van der Waals surface area contributed by atoms with Gasteiger partial charge in [-0.25, -0.2) is 4.98 Å². The van der Waals surface area contributed by atoms with Gasteiger partial charge in [0.2, 0.25) is 5.88 Å². The molecule has 8 nitrogen and oxygen atoms in total. The number of aliphatic hydroxyl groups excluding tert-OH is 1. The molecule has 4 heterocycles. The van der Waals surface area contributed by atoms with Gasteiger partial charge in [-0.05, 0) is 49.9 Å². The van der Waals surface area contributed by atoms with E-state index >= 15 is 0 Å². The molecule has 1 N–H and O–H groups in total. The molecule has 0 unspecified atom stereocenters. The van der Waals surface area contributed by atoms with E-state index in [2.05, 4.69) is 38.6 Å². The van der Waals surface area contributed by atoms with Crippen LogP contribution in [0.5, 0.6) is 5.88 Å². The molecule has 8 heteroatoms. The first-order chi connectivity index (χ1) is 17.4. The molecule has 1 aliphatic rings. The van der Waals surface area contributed by atoms with E-state index in [0.29, 0.717) is 24.2 Å². The molecule has 1 amide bonds. The highest BCUT2D eigenvalue weighted by Gasteiger charge is 2.34. The number of nitrogens with zero attached hydrogens (tertiary/aromatic N) is 5. The number of hydrogen-bond donors (Lipinski definition) is 1. The van der Waals surface area contributed by atoms with Crippen LogP contribution in [-0.4, -0.2) is 74.7 Å². The number of carbonyl (C=O) groups is 1. The van der Waals surface area contributed by atoms with Crippen molar-refractivity contribution < 1.29 is 14.6 Å². The molecule has 0 radical (unpaired) electrons. The minimum absolute atomic E-state index is 0.0165. The van der Waals surface area contributed by atoms with Crippen LogP contribution < -0.4 is 4.74 Å². The molecular weight excluding hydrogens is 454 g/mol. The van der Waals surface area contributed by atoms with Crippen LogP contribution in [0.4, 0.5) is 0 Å². The highest BCUT2D eigenvalue weighted by molar-refractivity contribution is 5.97. The number of likely N-dealkylation sites (N-methyl/N-ethyl adjacent to an activating group) is 1. The Morgan fingerprint density at radius 3 is 2.67 bits per heavy atom. The molecule has 3 atom stereocenters. The standard InChI is InChI=1S/C28H31N5O3/c1-20-16-33(21(2)19-34)28(35)25-13-24(7-6-22-5-4-10-30-14-22)15-31-27(25)36-26(20)18-32(3)17-23-8-11-29-12-9-23/h4-5,8-15,20-21,26,34H,16-19H2,1-3H3/t20-,21-,26-/m1/s1. The Morgan fingerprint density at radius 2 is 1.94 bits per heavy atom. The lowest BCUT2D eigenvalue weighted by Gasteiger charge is -2.37. The average Bonchev–Trinajstić information content (AvgIpc) is 2.90. The highest BCUT2D eigenvalue weighted by atomic mass is 16.5. The van der Waals surface area contributed by atoms with Crippen LogP contribution in [-0.2, 0) is 6.54 Å². The summed E-state index contributed by atoms with van der Waals surface area (Å²) in [7, 11) is 2.04. The van der Waals surface area contributed by atoms with Gasteiger partial charge in [-0.15, -0.1) is 0 Å². The molecule has 0 aromatic carbocycles. The van der Waals surface area contributed by atoms with Crippen molar-refractivity contribution in [3.8, 4) is 17.7 Å². The van der Waals surface area contributed by atoms with E-state index in [1.54, 1.807) is 42.0 Å². The Hall–Kier alpha value is -3.80. The van der Waals surface area contributed by atoms with Crippen LogP contribution in [0.3, 0.4) is 0 Å². The summed E-state index contributed by atoms with van der Waals surface area (Å²) >= 11 is 0. The van der Waals surface area contributed by atoms with E-state index in [0.717, 1.165) is 17.7 Å². The monoisotopic (exact) mass is 485 g/mol. The molecule has 0 fully saturated rings. The lowest BCUT2D eigenvalue weighted by atomic mass is 9.99. The maximum atomic E-state index is 13.6. The van der Waals surface area contributed by atoms with Crippen LogP contribution in [0.2, 0.25) is 0 Å². The van der Waals surface area contributed by atoms with E-state index in [1.165, 1.54) is 0 Å². The van der Waals surface area contributed by atoms with Gasteiger partial charge in [0.25, 0.3) is 5.91 Å². The van der Waals surface area contributed by atoms with Crippen molar-refractivity contribution in [2.75, 3.05) is 26.7 Å². The first-order valence-electron chi connectivity index (χ1n) is 12.0. The number of carbonyl (C=O) groups excluding carboxylic acids is 1. The summed E-state index contributed by atoms with van der Waals surface area (Å²) in [6.45, 7) is 5.62. The van der Waals surface area contributed by atoms with E-state index in [1.807, 2.05) is 38.2 Å². The van der Waals surface area contributed by atoms with Crippen molar-refractivity contribution in [2.24, 2.45) is 5.92 Å². The van der Waals surface area contributed by atoms with Gasteiger partial charge < -0.3 is 14.7 Å². The number of hydrogen-bond acceptors (Lipinski definition) is 7. The summed E-state index contributed by atoms with van der Waals surface area (Å²) in [6, 6.07) is 9.06. The molecule has 0 saturated heterocycles. The van der Waals surface area contributed by atoms with Crippen LogP contribution in [0.25, 0.3) is 0 Å². The number of aliphatic hydroxyl groups is 1. The van der Waals surface area contributed by atoms with Crippen LogP contribution in [0.15, 0.2) is 61.3 Å². The van der Waals surface area contributed by atoms with Gasteiger partial charge in [-0.1, -0.05) is 18.8 Å². The van der Waals surface area contributed by atoms with Gasteiger partial charge in [0.1, 0.15) is 11.7 Å². The maximum absolute atomic E-state index is 13.6. The summed E-state index contributed by atoms with van der Waals surface area (Å²) in [5.74, 6) is 6.20. The minimum atomic E-state index is -0.341. The molecule has 3 aromatic heterocycles. The number of rotatable bonds is 6. The van der Waals surface area contributed by atoms with E-state index < -0.39 is 0 Å². The zero-order valence-electron chi connectivity index (χ0n) is 20.8. The van der Waals surface area contributed by atoms with Crippen molar-refractivity contribution in [2.45, 2.75) is 32.5 Å². The number of pyridine rings is 3. The van der Waals surface area contributed by atoms with Gasteiger partial charge in [-0.2, -0.15) is 0 Å². The van der Waals surface area contributed by atoms with Gasteiger partial charge in [0, 0.05) is 67.7 Å². The summed E-state index contributed by atoms with van der Waals surface area (Å²) in [5.41, 5.74) is 2.88. The zero-order chi connectivity index (χ0) is 25.5. The van der Waals surface area contributed by atoms with Crippen LogP contribution in [0.1, 0.15) is 40.9 Å². The fourth-order valence-corrected chi connectivity index (χ4v) is 4.14.